The van der Waals surface area contributed by atoms with Crippen molar-refractivity contribution in [3.8, 4) is 11.3 Å². The van der Waals surface area contributed by atoms with E-state index in [0.29, 0.717) is 43.8 Å². The van der Waals surface area contributed by atoms with Crippen molar-refractivity contribution in [3.05, 3.63) is 317 Å². The molecule has 686 valence electrons. The third kappa shape index (κ3) is 15.2. The van der Waals surface area contributed by atoms with Gasteiger partial charge in [0.25, 0.3) is 0 Å². The Morgan fingerprint density at radius 2 is 0.511 bits per heavy atom. The van der Waals surface area contributed by atoms with Crippen LogP contribution in [0.25, 0.3) is 11.3 Å². The van der Waals surface area contributed by atoms with Crippen molar-refractivity contribution in [1.29, 1.82) is 0 Å². The first-order valence-electron chi connectivity index (χ1n) is 47.3. The van der Waals surface area contributed by atoms with Gasteiger partial charge in [0.1, 0.15) is 0 Å². The third-order valence-electron chi connectivity index (χ3n) is 30.8. The summed E-state index contributed by atoms with van der Waals surface area (Å²) < 4.78 is 27.3. The minimum atomic E-state index is -2.62. The predicted octanol–water partition coefficient (Wildman–Crippen LogP) is 24.0. The first kappa shape index (κ1) is 89.5. The summed E-state index contributed by atoms with van der Waals surface area (Å²) in [6.07, 6.45) is 10.3. The molecule has 22 heteroatoms. The summed E-state index contributed by atoms with van der Waals surface area (Å²) in [5.74, 6) is 2.82. The lowest BCUT2D eigenvalue weighted by Crippen LogP contribution is -2.43. The number of alkyl halides is 2. The number of aryl methyl sites for hydroxylation is 2. The molecule has 0 amide bonds. The molecule has 133 heavy (non-hydrogen) atoms. The average Bonchev–Trinajstić information content (AvgIpc) is 1.58. The second-order valence-electron chi connectivity index (χ2n) is 44.2. The molecule has 2 fully saturated rings. The maximum Gasteiger partial charge on any atom is 0.249 e. The van der Waals surface area contributed by atoms with Gasteiger partial charge in [-0.25, -0.2) is 8.78 Å². The molecule has 5 aliphatic heterocycles. The summed E-state index contributed by atoms with van der Waals surface area (Å²) in [4.78, 5) is 66.6. The minimum Gasteiger partial charge on any atom is -0.342 e. The van der Waals surface area contributed by atoms with Crippen molar-refractivity contribution in [1.82, 2.24) is 51.0 Å². The van der Waals surface area contributed by atoms with Crippen LogP contribution in [-0.2, 0) is 51.0 Å². The van der Waals surface area contributed by atoms with Gasteiger partial charge in [0.05, 0.1) is 32.8 Å². The number of nitrogens with zero attached hydrogens (tertiary/aromatic N) is 5. The maximum absolute atomic E-state index is 13.6. The molecule has 12 aliphatic rings. The maximum atomic E-state index is 13.6. The second-order valence-corrected chi connectivity index (χ2v) is 44.2. The van der Waals surface area contributed by atoms with E-state index >= 15 is 0 Å². The van der Waals surface area contributed by atoms with Gasteiger partial charge >= 0.3 is 0 Å². The zero-order valence-electron chi connectivity index (χ0n) is 79.6. The van der Waals surface area contributed by atoms with Crippen molar-refractivity contribution in [3.63, 3.8) is 0 Å². The topological polar surface area (TPSA) is 289 Å². The van der Waals surface area contributed by atoms with Crippen LogP contribution in [0, 0.1) is 40.9 Å². The van der Waals surface area contributed by atoms with Gasteiger partial charge in [-0.3, -0.25) is 49.5 Å². The van der Waals surface area contributed by atoms with E-state index < -0.39 is 33.0 Å². The number of aromatic amines is 5. The number of benzene rings is 6. The zero-order valence-corrected chi connectivity index (χ0v) is 79.6. The van der Waals surface area contributed by atoms with Crippen LogP contribution < -0.4 is 26.6 Å². The van der Waals surface area contributed by atoms with Crippen molar-refractivity contribution in [2.24, 2.45) is 27.1 Å². The van der Waals surface area contributed by atoms with E-state index in [1.165, 1.54) is 36.1 Å². The van der Waals surface area contributed by atoms with Crippen molar-refractivity contribution >= 4 is 58.0 Å². The fraction of sp³-hybridized carbons (Fsp3) is 0.405. The molecule has 11 aromatic rings. The smallest absolute Gasteiger partial charge is 0.249 e. The van der Waals surface area contributed by atoms with Crippen LogP contribution in [0.5, 0.6) is 0 Å². The number of rotatable bonds is 8. The minimum absolute atomic E-state index is 0.0227. The lowest BCUT2D eigenvalue weighted by atomic mass is 9.60. The van der Waals surface area contributed by atoms with Gasteiger partial charge < -0.3 is 26.6 Å². The summed E-state index contributed by atoms with van der Waals surface area (Å²) in [5.41, 5.74) is 23.3. The predicted molar refractivity (Wildman–Crippen MR) is 519 cm³/mol. The molecular formula is C111H123F2N15O5. The van der Waals surface area contributed by atoms with Gasteiger partial charge in [-0.2, -0.15) is 25.5 Å². The normalized spacial score (nSPS) is 25.5. The fourth-order valence-electron chi connectivity index (χ4n) is 24.7. The number of fused-ring (bicyclic) bond motifs is 5. The van der Waals surface area contributed by atoms with Crippen LogP contribution in [0.3, 0.4) is 0 Å². The zero-order chi connectivity index (χ0) is 93.9. The molecule has 0 bridgehead atoms. The summed E-state index contributed by atoms with van der Waals surface area (Å²) in [6, 6.07) is 61.6. The molecular weight excluding hydrogens is 1660 g/mol. The van der Waals surface area contributed by atoms with Crippen molar-refractivity contribution < 1.29 is 32.8 Å². The Kier molecular flexibility index (Phi) is 21.7. The number of halogens is 2. The van der Waals surface area contributed by atoms with Crippen LogP contribution >= 0.6 is 0 Å². The molecule has 5 atom stereocenters. The molecule has 2 saturated carbocycles. The Morgan fingerprint density at radius 1 is 0.278 bits per heavy atom. The number of ketones is 5. The number of nitrogens with one attached hydrogen (secondary N) is 10. The number of aromatic nitrogens is 10. The standard InChI is InChI=1S/C25H25N3O.C23H25F2N3O.C23H27N3O.2C20H23N3O/c1-24(2)14-18-20(19(29)15-24)25(3,17-12-8-5-9-13-17)21-22(27-28-23(21)26-18)16-10-6-4-7-11-16;1-21(2)11-15-17(16(29)12-21)22(3,14-7-5-4-6-8-14)18-19(27-28-20(18)26-15)13-9-23(24,25)10-13;1-22(2)12-16-18(17(27)13-22)23(3,15-10-5-4-6-11-15)19-20(14-8-7-9-14)25-26-21(19)24-16;2*1-12-16-18(23-22-12)21-14-10-19(2,3)11-15(24)17(14)20(16,4)13-8-6-5-7-9-13/h4-13H,14-15H2,1-3H3,(H2,26,27,28);4-8,13H,9-12H2,1-3H3,(H2,26,27,28);4-6,10-11,14H,7-9,12-13H2,1-3H3,(H2,24,25,26);2*5-9H,10-11H2,1-4H3,(H2,21,22,23)/t;;;2*20-/m...10/s1. The highest BCUT2D eigenvalue weighted by Crippen LogP contribution is 2.62. The van der Waals surface area contributed by atoms with E-state index in [4.69, 9.17) is 0 Å². The average molecular weight is 1790 g/mol. The fourth-order valence-corrected chi connectivity index (χ4v) is 24.7. The Labute approximate surface area is 777 Å². The highest BCUT2D eigenvalue weighted by atomic mass is 19.3. The molecule has 10 N–H and O–H groups in total. The molecule has 10 heterocycles. The summed E-state index contributed by atoms with van der Waals surface area (Å²) in [5, 5.41) is 55.9. The number of carbonyl (C=O) groups excluding carboxylic acids is 5. The van der Waals surface area contributed by atoms with Gasteiger partial charge in [-0.15, -0.1) is 0 Å². The van der Waals surface area contributed by atoms with Gasteiger partial charge in [0.2, 0.25) is 5.92 Å². The molecule has 0 saturated heterocycles. The SMILES string of the molecule is CC1(C)CC(=O)C2=C(C1)Nc1n[nH]c(-c3ccccc3)c1C2(C)c1ccccc1.CC1(C)CC(=O)C2=C(C1)Nc1n[nH]c(C3CC(F)(F)C3)c1C2(C)c1ccccc1.CC1(C)CC(=O)C2=C(C1)Nc1n[nH]c(C3CCC3)c1C2(C)c1ccccc1.Cc1[nH]nc2c1[C@@](C)(c1ccccc1)C1=C(CC(C)(C)CC1=O)N2.Cc1[nH]nc2c1[C@](C)(c1ccccc1)C1=C(CC(C)(C)CC1=O)N2. The highest BCUT2D eigenvalue weighted by Gasteiger charge is 2.58. The van der Waals surface area contributed by atoms with Crippen LogP contribution in [0.15, 0.2) is 238 Å². The quantitative estimate of drug-likeness (QED) is 0.0677. The number of hydrogen-bond acceptors (Lipinski definition) is 15. The highest BCUT2D eigenvalue weighted by molar-refractivity contribution is 6.07. The summed E-state index contributed by atoms with van der Waals surface area (Å²) in [6.45, 7) is 36.3. The van der Waals surface area contributed by atoms with Crippen LogP contribution in [0.4, 0.5) is 37.9 Å². The summed E-state index contributed by atoms with van der Waals surface area (Å²) >= 11 is 0. The number of Topliss-reactive ketones (excluding diaryl/α,β-unsaturated/α-hetero) is 5. The second kappa shape index (κ2) is 32.3. The summed E-state index contributed by atoms with van der Waals surface area (Å²) in [7, 11) is 0. The molecule has 20 nitrogen and oxygen atoms in total. The molecule has 23 rings (SSSR count). The van der Waals surface area contributed by atoms with E-state index in [1.807, 2.05) is 130 Å². The Morgan fingerprint density at radius 3 is 0.782 bits per heavy atom. The van der Waals surface area contributed by atoms with Crippen molar-refractivity contribution in [2.75, 3.05) is 26.6 Å². The Bertz CT molecular complexity index is 6540. The Balaban J connectivity index is 0.000000107. The molecule has 5 aromatic heterocycles. The molecule has 0 radical (unpaired) electrons. The first-order chi connectivity index (χ1) is 63.1. The van der Waals surface area contributed by atoms with Crippen LogP contribution in [0.2, 0.25) is 0 Å². The Hall–Kier alpha value is -12.7. The largest absolute Gasteiger partial charge is 0.342 e. The van der Waals surface area contributed by atoms with E-state index in [1.54, 1.807) is 0 Å². The van der Waals surface area contributed by atoms with E-state index in [0.717, 1.165) is 185 Å². The molecule has 6 aromatic carbocycles. The number of carbonyl (C=O) groups is 5. The van der Waals surface area contributed by atoms with E-state index in [2.05, 4.69) is 247 Å². The van der Waals surface area contributed by atoms with E-state index in [-0.39, 0.29) is 74.8 Å². The first-order valence-corrected chi connectivity index (χ1v) is 47.3. The third-order valence-corrected chi connectivity index (χ3v) is 30.8. The van der Waals surface area contributed by atoms with Crippen LogP contribution in [-0.4, -0.2) is 85.8 Å². The van der Waals surface area contributed by atoms with E-state index in [9.17, 15) is 32.8 Å². The number of allylic oxidation sites excluding steroid dienone is 10. The van der Waals surface area contributed by atoms with Gasteiger partial charge in [0.15, 0.2) is 58.0 Å². The number of hydrogen-bond donors (Lipinski definition) is 10. The number of H-pyrrole nitrogens is 5. The monoisotopic (exact) mass is 1780 g/mol. The molecule has 0 spiro atoms. The van der Waals surface area contributed by atoms with Gasteiger partial charge in [-0.1, -0.05) is 258 Å². The lowest BCUT2D eigenvalue weighted by molar-refractivity contribution is -0.119. The van der Waals surface area contributed by atoms with Gasteiger partial charge in [0, 0.05) is 164 Å². The van der Waals surface area contributed by atoms with Crippen LogP contribution in [0.1, 0.15) is 290 Å². The lowest BCUT2D eigenvalue weighted by Gasteiger charge is -2.45. The number of anilines is 5. The molecule has 3 unspecified atom stereocenters. The van der Waals surface area contributed by atoms with Crippen molar-refractivity contribution in [2.45, 2.75) is 259 Å². The van der Waals surface area contributed by atoms with Gasteiger partial charge in [-0.05, 0) is 154 Å². The molecule has 7 aliphatic carbocycles.